The number of rotatable bonds is 3. The third kappa shape index (κ3) is 2.05. The van der Waals surface area contributed by atoms with Gasteiger partial charge in [0.15, 0.2) is 5.41 Å². The minimum absolute atomic E-state index is 0.368. The van der Waals surface area contributed by atoms with Crippen molar-refractivity contribution in [1.82, 2.24) is 4.98 Å². The average molecular weight is 304 g/mol. The fourth-order valence-electron chi connectivity index (χ4n) is 3.50. The van der Waals surface area contributed by atoms with E-state index in [0.717, 1.165) is 37.3 Å². The first-order valence-electron chi connectivity index (χ1n) is 7.54. The van der Waals surface area contributed by atoms with Gasteiger partial charge in [-0.25, -0.2) is 4.98 Å². The molecule has 1 saturated heterocycles. The third-order valence-corrected chi connectivity index (χ3v) is 4.70. The molecular formula is C16H20N2O4. The summed E-state index contributed by atoms with van der Waals surface area (Å²) in [7, 11) is 2.60. The summed E-state index contributed by atoms with van der Waals surface area (Å²) >= 11 is 0. The van der Waals surface area contributed by atoms with E-state index in [1.165, 1.54) is 14.2 Å². The molecule has 0 spiro atoms. The first-order valence-corrected chi connectivity index (χ1v) is 7.54. The van der Waals surface area contributed by atoms with Crippen molar-refractivity contribution in [2.75, 3.05) is 32.2 Å². The van der Waals surface area contributed by atoms with Crippen LogP contribution in [0.15, 0.2) is 12.3 Å². The van der Waals surface area contributed by atoms with E-state index in [4.69, 9.17) is 9.47 Å². The fraction of sp³-hybridized carbons (Fsp3) is 0.562. The molecule has 1 fully saturated rings. The van der Waals surface area contributed by atoms with Crippen molar-refractivity contribution in [3.63, 3.8) is 0 Å². The first-order chi connectivity index (χ1) is 10.6. The Kier molecular flexibility index (Phi) is 3.76. The lowest BCUT2D eigenvalue weighted by Crippen LogP contribution is -2.43. The molecule has 1 aromatic heterocycles. The molecule has 6 heteroatoms. The summed E-state index contributed by atoms with van der Waals surface area (Å²) in [6.45, 7) is 1.91. The van der Waals surface area contributed by atoms with Crippen LogP contribution >= 0.6 is 0 Å². The number of hydrogen-bond donors (Lipinski definition) is 0. The van der Waals surface area contributed by atoms with Crippen molar-refractivity contribution < 1.29 is 19.1 Å². The maximum Gasteiger partial charge on any atom is 0.327 e. The monoisotopic (exact) mass is 304 g/mol. The molecule has 3 rings (SSSR count). The van der Waals surface area contributed by atoms with Crippen LogP contribution in [-0.4, -0.2) is 44.2 Å². The number of anilines is 1. The van der Waals surface area contributed by atoms with Gasteiger partial charge in [0.25, 0.3) is 0 Å². The van der Waals surface area contributed by atoms with Gasteiger partial charge in [0, 0.05) is 19.3 Å². The molecular weight excluding hydrogens is 284 g/mol. The largest absolute Gasteiger partial charge is 0.468 e. The molecule has 6 nitrogen and oxygen atoms in total. The molecule has 2 heterocycles. The second kappa shape index (κ2) is 5.59. The number of hydrogen-bond acceptors (Lipinski definition) is 6. The van der Waals surface area contributed by atoms with E-state index in [2.05, 4.69) is 9.88 Å². The Morgan fingerprint density at radius 1 is 1.18 bits per heavy atom. The summed E-state index contributed by atoms with van der Waals surface area (Å²) in [5, 5.41) is 0. The van der Waals surface area contributed by atoms with Crippen molar-refractivity contribution in [3.05, 3.63) is 23.4 Å². The third-order valence-electron chi connectivity index (χ3n) is 4.70. The zero-order chi connectivity index (χ0) is 15.7. The molecule has 118 valence electrons. The smallest absolute Gasteiger partial charge is 0.327 e. The topological polar surface area (TPSA) is 68.7 Å². The summed E-state index contributed by atoms with van der Waals surface area (Å²) < 4.78 is 9.82. The van der Waals surface area contributed by atoms with Crippen LogP contribution in [0.4, 0.5) is 5.82 Å². The number of aromatic nitrogens is 1. The number of aryl methyl sites for hydroxylation is 1. The second-order valence-electron chi connectivity index (χ2n) is 5.78. The molecule has 0 N–H and O–H groups in total. The summed E-state index contributed by atoms with van der Waals surface area (Å²) in [5.74, 6) is -0.302. The molecule has 1 aliphatic carbocycles. The number of carbonyl (C=O) groups is 2. The van der Waals surface area contributed by atoms with Crippen LogP contribution < -0.4 is 4.90 Å². The predicted octanol–water partition coefficient (Wildman–Crippen LogP) is 1.21. The Balaban J connectivity index is 2.08. The van der Waals surface area contributed by atoms with E-state index in [0.29, 0.717) is 18.4 Å². The van der Waals surface area contributed by atoms with Crippen LogP contribution in [0.25, 0.3) is 0 Å². The van der Waals surface area contributed by atoms with Gasteiger partial charge in [0.05, 0.1) is 14.2 Å². The lowest BCUT2D eigenvalue weighted by molar-refractivity contribution is -0.161. The molecule has 0 saturated carbocycles. The van der Waals surface area contributed by atoms with Crippen molar-refractivity contribution in [1.29, 1.82) is 0 Å². The van der Waals surface area contributed by atoms with E-state index >= 15 is 0 Å². The van der Waals surface area contributed by atoms with E-state index in [-0.39, 0.29) is 0 Å². The van der Waals surface area contributed by atoms with Gasteiger partial charge >= 0.3 is 11.9 Å². The van der Waals surface area contributed by atoms with Crippen molar-refractivity contribution in [2.45, 2.75) is 31.1 Å². The molecule has 0 unspecified atom stereocenters. The van der Waals surface area contributed by atoms with Gasteiger partial charge in [-0.1, -0.05) is 0 Å². The zero-order valence-electron chi connectivity index (χ0n) is 12.9. The number of methoxy groups -OCH3 is 2. The summed E-state index contributed by atoms with van der Waals surface area (Å²) in [4.78, 5) is 31.4. The molecule has 0 bridgehead atoms. The van der Waals surface area contributed by atoms with Crippen LogP contribution in [0, 0.1) is 0 Å². The van der Waals surface area contributed by atoms with Crippen LogP contribution in [0.1, 0.15) is 30.4 Å². The van der Waals surface area contributed by atoms with Crippen LogP contribution in [0.3, 0.4) is 0 Å². The molecule has 1 aromatic rings. The van der Waals surface area contributed by atoms with E-state index in [1.807, 2.05) is 6.07 Å². The Bertz CT molecular complexity index is 592. The molecule has 2 aliphatic rings. The minimum Gasteiger partial charge on any atom is -0.468 e. The predicted molar refractivity (Wildman–Crippen MR) is 79.7 cm³/mol. The summed E-state index contributed by atoms with van der Waals surface area (Å²) in [6, 6.07) is 1.86. The van der Waals surface area contributed by atoms with Crippen LogP contribution in [0.2, 0.25) is 0 Å². The van der Waals surface area contributed by atoms with Gasteiger partial charge in [0.1, 0.15) is 5.82 Å². The highest BCUT2D eigenvalue weighted by molar-refractivity contribution is 6.07. The van der Waals surface area contributed by atoms with E-state index in [9.17, 15) is 9.59 Å². The second-order valence-corrected chi connectivity index (χ2v) is 5.78. The molecule has 22 heavy (non-hydrogen) atoms. The summed E-state index contributed by atoms with van der Waals surface area (Å²) in [6.07, 6.45) is 5.03. The highest BCUT2D eigenvalue weighted by Crippen LogP contribution is 2.42. The number of fused-ring (bicyclic) bond motifs is 1. The Morgan fingerprint density at radius 3 is 2.41 bits per heavy atom. The van der Waals surface area contributed by atoms with Gasteiger partial charge < -0.3 is 14.4 Å². The minimum atomic E-state index is -1.35. The first kappa shape index (κ1) is 14.8. The number of carbonyl (C=O) groups excluding carboxylic acids is 2. The van der Waals surface area contributed by atoms with Crippen LogP contribution in [0.5, 0.6) is 0 Å². The average Bonchev–Trinajstić information content (AvgIpc) is 3.21. The molecule has 1 aliphatic heterocycles. The molecule has 0 atom stereocenters. The number of esters is 2. The quantitative estimate of drug-likeness (QED) is 0.617. The number of nitrogens with zero attached hydrogens (tertiary/aromatic N) is 2. The van der Waals surface area contributed by atoms with Gasteiger partial charge in [-0.05, 0) is 42.9 Å². The van der Waals surface area contributed by atoms with Crippen LogP contribution in [-0.2, 0) is 30.9 Å². The van der Waals surface area contributed by atoms with Crippen molar-refractivity contribution in [2.24, 2.45) is 0 Å². The highest BCUT2D eigenvalue weighted by Gasteiger charge is 2.54. The Hall–Kier alpha value is -2.11. The SMILES string of the molecule is COC(=O)C1(C(=O)OC)CCc2cnc(N3CCCC3)cc21. The maximum absolute atomic E-state index is 12.4. The van der Waals surface area contributed by atoms with E-state index < -0.39 is 17.4 Å². The standard InChI is InChI=1S/C16H20N2O4/c1-21-14(19)16(15(20)22-2)6-5-11-10-17-13(9-12(11)16)18-7-3-4-8-18/h9-10H,3-8H2,1-2H3. The van der Waals surface area contributed by atoms with Gasteiger partial charge in [-0.3, -0.25) is 9.59 Å². The highest BCUT2D eigenvalue weighted by atomic mass is 16.5. The number of pyridine rings is 1. The lowest BCUT2D eigenvalue weighted by Gasteiger charge is -2.25. The lowest BCUT2D eigenvalue weighted by atomic mass is 9.82. The Labute approximate surface area is 129 Å². The zero-order valence-corrected chi connectivity index (χ0v) is 12.9. The van der Waals surface area contributed by atoms with E-state index in [1.54, 1.807) is 6.20 Å². The van der Waals surface area contributed by atoms with Gasteiger partial charge in [-0.15, -0.1) is 0 Å². The van der Waals surface area contributed by atoms with Gasteiger partial charge in [-0.2, -0.15) is 0 Å². The summed E-state index contributed by atoms with van der Waals surface area (Å²) in [5.41, 5.74) is 0.248. The molecule has 0 aromatic carbocycles. The molecule has 0 amide bonds. The fourth-order valence-corrected chi connectivity index (χ4v) is 3.50. The maximum atomic E-state index is 12.4. The van der Waals surface area contributed by atoms with Crippen molar-refractivity contribution in [3.8, 4) is 0 Å². The number of ether oxygens (including phenoxy) is 2. The Morgan fingerprint density at radius 2 is 1.82 bits per heavy atom. The van der Waals surface area contributed by atoms with Gasteiger partial charge in [0.2, 0.25) is 0 Å². The molecule has 0 radical (unpaired) electrons. The van der Waals surface area contributed by atoms with Crippen molar-refractivity contribution >= 4 is 17.8 Å². The normalized spacial score (nSPS) is 18.9.